The van der Waals surface area contributed by atoms with E-state index in [2.05, 4.69) is 52.9 Å². The van der Waals surface area contributed by atoms with E-state index in [1.54, 1.807) is 0 Å². The van der Waals surface area contributed by atoms with E-state index in [1.165, 1.54) is 5.56 Å². The van der Waals surface area contributed by atoms with Gasteiger partial charge in [0.25, 0.3) is 0 Å². The van der Waals surface area contributed by atoms with Crippen molar-refractivity contribution in [1.82, 2.24) is 0 Å². The lowest BCUT2D eigenvalue weighted by Gasteiger charge is -2.38. The fourth-order valence-corrected chi connectivity index (χ4v) is 7.30. The number of ketones is 2. The highest BCUT2D eigenvalue weighted by molar-refractivity contribution is 6.91. The van der Waals surface area contributed by atoms with Crippen LogP contribution >= 0.6 is 0 Å². The second-order valence-corrected chi connectivity index (χ2v) is 15.8. The number of allylic oxidation sites excluding steroid dienone is 2. The van der Waals surface area contributed by atoms with Gasteiger partial charge < -0.3 is 4.42 Å². The van der Waals surface area contributed by atoms with Crippen molar-refractivity contribution in [2.24, 2.45) is 0 Å². The molecule has 0 N–H and O–H groups in total. The zero-order valence-corrected chi connectivity index (χ0v) is 19.2. The van der Waals surface area contributed by atoms with Crippen LogP contribution < -0.4 is 5.38 Å². The Balaban J connectivity index is 1.83. The van der Waals surface area contributed by atoms with Gasteiger partial charge in [-0.05, 0) is 41.5 Å². The maximum Gasteiger partial charge on any atom is 0.229 e. The van der Waals surface area contributed by atoms with Crippen molar-refractivity contribution in [2.45, 2.75) is 70.5 Å². The van der Waals surface area contributed by atoms with E-state index in [0.29, 0.717) is 18.6 Å². The zero-order valence-electron chi connectivity index (χ0n) is 18.2. The molecule has 2 aromatic rings. The van der Waals surface area contributed by atoms with Crippen molar-refractivity contribution in [3.8, 4) is 0 Å². The fourth-order valence-electron chi connectivity index (χ4n) is 5.28. The van der Waals surface area contributed by atoms with Crippen LogP contribution in [0.1, 0.15) is 82.8 Å². The lowest BCUT2D eigenvalue weighted by atomic mass is 9.65. The number of hydrogen-bond donors (Lipinski definition) is 0. The third-order valence-electron chi connectivity index (χ3n) is 7.95. The Bertz CT molecular complexity index is 1140. The molecular weight excluding hydrogens is 376 g/mol. The van der Waals surface area contributed by atoms with Crippen molar-refractivity contribution in [3.05, 3.63) is 63.4 Å². The number of fused-ring (bicyclic) bond motifs is 4. The molecule has 0 unspecified atom stereocenters. The minimum Gasteiger partial charge on any atom is -0.462 e. The molecule has 0 aliphatic heterocycles. The summed E-state index contributed by atoms with van der Waals surface area (Å²) in [5.74, 6) is 0.639. The molecule has 3 aliphatic rings. The summed E-state index contributed by atoms with van der Waals surface area (Å²) in [6.45, 7) is 13.7. The fraction of sp³-hybridized carbons (Fsp3) is 0.440. The zero-order chi connectivity index (χ0) is 20.9. The first-order valence-corrected chi connectivity index (χ1v) is 13.6. The molecule has 1 aromatic heterocycles. The number of Topliss-reactive ketones (excluding diaryl/α,β-unsaturated/α-hetero) is 1. The summed E-state index contributed by atoms with van der Waals surface area (Å²) in [5.41, 5.74) is 5.32. The minimum absolute atomic E-state index is 0.0273. The van der Waals surface area contributed by atoms with Crippen molar-refractivity contribution in [1.29, 1.82) is 0 Å². The number of furan rings is 1. The van der Waals surface area contributed by atoms with E-state index in [0.717, 1.165) is 39.6 Å². The van der Waals surface area contributed by atoms with Crippen LogP contribution in [0.15, 0.2) is 28.7 Å². The monoisotopic (exact) mass is 404 g/mol. The molecular formula is C25H28O3Si. The molecule has 0 radical (unpaired) electrons. The van der Waals surface area contributed by atoms with Gasteiger partial charge in [0.2, 0.25) is 5.78 Å². The molecule has 150 valence electrons. The Labute approximate surface area is 173 Å². The van der Waals surface area contributed by atoms with Gasteiger partial charge in [-0.1, -0.05) is 58.2 Å². The molecule has 0 amide bonds. The molecule has 0 spiro atoms. The molecule has 5 rings (SSSR count). The van der Waals surface area contributed by atoms with E-state index >= 15 is 0 Å². The van der Waals surface area contributed by atoms with Gasteiger partial charge in [-0.2, -0.15) is 0 Å². The predicted molar refractivity (Wildman–Crippen MR) is 117 cm³/mol. The molecule has 0 saturated heterocycles. The van der Waals surface area contributed by atoms with Crippen LogP contribution in [0, 0.1) is 0 Å². The first-order chi connectivity index (χ1) is 13.5. The topological polar surface area (TPSA) is 47.3 Å². The first-order valence-electron chi connectivity index (χ1n) is 10.6. The Morgan fingerprint density at radius 3 is 2.48 bits per heavy atom. The number of carbonyl (C=O) groups excluding carboxylic acids is 2. The largest absolute Gasteiger partial charge is 0.462 e. The molecule has 1 atom stereocenters. The standard InChI is InChI=1S/C25H28O3Si/c1-24(2,3)29(5,6)23-16-8-7-13-25(4)17-11-9-14-15(10-12-18(14)26)19(17)21(27)22(28-23)20(16)25/h7,9,11,13H,8,10,12H2,1-6H3/t25-/m1/s1. The number of carbonyl (C=O) groups is 2. The number of benzene rings is 1. The molecule has 1 aromatic carbocycles. The van der Waals surface area contributed by atoms with Crippen LogP contribution in [0.25, 0.3) is 0 Å². The maximum absolute atomic E-state index is 13.7. The van der Waals surface area contributed by atoms with Gasteiger partial charge in [0.15, 0.2) is 11.5 Å². The summed E-state index contributed by atoms with van der Waals surface area (Å²) in [6, 6.07) is 3.95. The van der Waals surface area contributed by atoms with E-state index in [9.17, 15) is 9.59 Å². The van der Waals surface area contributed by atoms with Gasteiger partial charge in [-0.3, -0.25) is 9.59 Å². The Kier molecular flexibility index (Phi) is 3.55. The van der Waals surface area contributed by atoms with Crippen LogP contribution in [-0.2, 0) is 18.3 Å². The lowest BCUT2D eigenvalue weighted by Crippen LogP contribution is -2.50. The molecule has 1 heterocycles. The molecule has 3 nitrogen and oxygen atoms in total. The van der Waals surface area contributed by atoms with Crippen molar-refractivity contribution in [3.63, 3.8) is 0 Å². The third kappa shape index (κ3) is 2.18. The second-order valence-electron chi connectivity index (χ2n) is 10.6. The second kappa shape index (κ2) is 5.48. The first kappa shape index (κ1) is 18.8. The van der Waals surface area contributed by atoms with Gasteiger partial charge in [0, 0.05) is 28.5 Å². The highest BCUT2D eigenvalue weighted by atomic mass is 28.3. The highest BCUT2D eigenvalue weighted by Crippen LogP contribution is 2.50. The summed E-state index contributed by atoms with van der Waals surface area (Å²) in [4.78, 5) is 26.0. The SMILES string of the molecule is CC(C)(C)[Si](C)(C)c1oc2c3c1CC=C[C@]3(C)c1ccc3c(c1C2=O)CCC3=O. The smallest absolute Gasteiger partial charge is 0.229 e. The maximum atomic E-state index is 13.7. The quantitative estimate of drug-likeness (QED) is 0.491. The van der Waals surface area contributed by atoms with Crippen molar-refractivity contribution in [2.75, 3.05) is 0 Å². The van der Waals surface area contributed by atoms with Crippen LogP contribution in [0.5, 0.6) is 0 Å². The van der Waals surface area contributed by atoms with Crippen LogP contribution in [-0.4, -0.2) is 19.6 Å². The normalized spacial score (nSPS) is 22.6. The Morgan fingerprint density at radius 1 is 1.07 bits per heavy atom. The molecule has 0 fully saturated rings. The molecule has 3 aliphatic carbocycles. The molecule has 0 bridgehead atoms. The van der Waals surface area contributed by atoms with Crippen molar-refractivity contribution < 1.29 is 14.0 Å². The van der Waals surface area contributed by atoms with E-state index in [1.807, 2.05) is 12.1 Å². The minimum atomic E-state index is -1.96. The number of hydrogen-bond acceptors (Lipinski definition) is 3. The Morgan fingerprint density at radius 2 is 1.79 bits per heavy atom. The van der Waals surface area contributed by atoms with E-state index in [4.69, 9.17) is 4.42 Å². The summed E-state index contributed by atoms with van der Waals surface area (Å²) < 4.78 is 6.54. The van der Waals surface area contributed by atoms with Crippen molar-refractivity contribution >= 4 is 25.0 Å². The highest BCUT2D eigenvalue weighted by Gasteiger charge is 2.50. The third-order valence-corrected chi connectivity index (χ3v) is 13.2. The van der Waals surface area contributed by atoms with Crippen LogP contribution in [0.3, 0.4) is 0 Å². The van der Waals surface area contributed by atoms with Gasteiger partial charge in [-0.25, -0.2) is 0 Å². The van der Waals surface area contributed by atoms with Crippen LogP contribution in [0.4, 0.5) is 0 Å². The number of rotatable bonds is 1. The lowest BCUT2D eigenvalue weighted by molar-refractivity contribution is 0.0991. The summed E-state index contributed by atoms with van der Waals surface area (Å²) in [7, 11) is -1.96. The van der Waals surface area contributed by atoms with Gasteiger partial charge >= 0.3 is 0 Å². The summed E-state index contributed by atoms with van der Waals surface area (Å²) >= 11 is 0. The predicted octanol–water partition coefficient (Wildman–Crippen LogP) is 5.09. The van der Waals surface area contributed by atoms with Gasteiger partial charge in [0.1, 0.15) is 8.07 Å². The van der Waals surface area contributed by atoms with Gasteiger partial charge in [0.05, 0.1) is 5.38 Å². The average Bonchev–Trinajstić information content (AvgIpc) is 3.22. The van der Waals surface area contributed by atoms with Crippen LogP contribution in [0.2, 0.25) is 18.1 Å². The van der Waals surface area contributed by atoms with Gasteiger partial charge in [-0.15, -0.1) is 0 Å². The summed E-state index contributed by atoms with van der Waals surface area (Å²) in [5, 5.41) is 1.19. The average molecular weight is 405 g/mol. The summed E-state index contributed by atoms with van der Waals surface area (Å²) in [6.07, 6.45) is 6.44. The molecule has 29 heavy (non-hydrogen) atoms. The van der Waals surface area contributed by atoms with E-state index in [-0.39, 0.29) is 22.0 Å². The van der Waals surface area contributed by atoms with E-state index < -0.39 is 8.07 Å². The Hall–Kier alpha value is -2.20. The molecule has 4 heteroatoms. The molecule has 0 saturated carbocycles.